The minimum absolute atomic E-state index is 0.359. The molecular weight excluding hydrogens is 212 g/mol. The summed E-state index contributed by atoms with van der Waals surface area (Å²) in [6, 6.07) is 8.93. The Hall–Kier alpha value is -1.06. The van der Waals surface area contributed by atoms with E-state index in [9.17, 15) is 5.11 Å². The predicted molar refractivity (Wildman–Crippen MR) is 67.9 cm³/mol. The standard InChI is InChI=1S/C14H20N2O/c17-12-4-1-3-11(9-12)10-15-13-6-8-16-7-2-5-14(13)16/h1,3-4,9,13-15,17H,2,5-8,10H2. The van der Waals surface area contributed by atoms with Crippen LogP contribution in [0, 0.1) is 0 Å². The van der Waals surface area contributed by atoms with Gasteiger partial charge in [0.2, 0.25) is 0 Å². The fourth-order valence-electron chi connectivity index (χ4n) is 3.24. The largest absolute Gasteiger partial charge is 0.508 e. The number of rotatable bonds is 3. The van der Waals surface area contributed by atoms with Gasteiger partial charge in [0, 0.05) is 25.2 Å². The Morgan fingerprint density at radius 3 is 3.12 bits per heavy atom. The van der Waals surface area contributed by atoms with Gasteiger partial charge in [-0.15, -0.1) is 0 Å². The molecule has 0 aliphatic carbocycles. The number of benzene rings is 1. The topological polar surface area (TPSA) is 35.5 Å². The first kappa shape index (κ1) is 11.1. The molecule has 2 heterocycles. The molecule has 2 saturated heterocycles. The highest BCUT2D eigenvalue weighted by atomic mass is 16.3. The van der Waals surface area contributed by atoms with Gasteiger partial charge < -0.3 is 10.4 Å². The van der Waals surface area contributed by atoms with Crippen molar-refractivity contribution >= 4 is 0 Å². The summed E-state index contributed by atoms with van der Waals surface area (Å²) in [6.07, 6.45) is 3.97. The molecule has 0 radical (unpaired) electrons. The fourth-order valence-corrected chi connectivity index (χ4v) is 3.24. The Balaban J connectivity index is 1.57. The molecule has 2 aliphatic rings. The van der Waals surface area contributed by atoms with Gasteiger partial charge in [-0.1, -0.05) is 12.1 Å². The number of phenolic OH excluding ortho intramolecular Hbond substituents is 1. The second kappa shape index (κ2) is 4.67. The lowest BCUT2D eigenvalue weighted by Gasteiger charge is -2.21. The molecule has 0 bridgehead atoms. The Morgan fingerprint density at radius 1 is 1.29 bits per heavy atom. The van der Waals surface area contributed by atoms with Crippen molar-refractivity contribution in [2.45, 2.75) is 37.9 Å². The van der Waals surface area contributed by atoms with E-state index in [0.29, 0.717) is 11.8 Å². The minimum Gasteiger partial charge on any atom is -0.508 e. The van der Waals surface area contributed by atoms with Gasteiger partial charge >= 0.3 is 0 Å². The predicted octanol–water partition coefficient (Wildman–Crippen LogP) is 1.72. The quantitative estimate of drug-likeness (QED) is 0.833. The molecule has 2 fully saturated rings. The van der Waals surface area contributed by atoms with E-state index in [0.717, 1.165) is 12.6 Å². The lowest BCUT2D eigenvalue weighted by atomic mass is 10.1. The highest BCUT2D eigenvalue weighted by Gasteiger charge is 2.36. The number of aromatic hydroxyl groups is 1. The van der Waals surface area contributed by atoms with E-state index < -0.39 is 0 Å². The number of nitrogens with one attached hydrogen (secondary N) is 1. The Bertz CT molecular complexity index is 394. The maximum atomic E-state index is 9.42. The second-order valence-electron chi connectivity index (χ2n) is 5.19. The van der Waals surface area contributed by atoms with Crippen LogP contribution in [0.1, 0.15) is 24.8 Å². The van der Waals surface area contributed by atoms with Gasteiger partial charge in [0.25, 0.3) is 0 Å². The Kier molecular flexibility index (Phi) is 3.04. The lowest BCUT2D eigenvalue weighted by molar-refractivity contribution is 0.298. The molecular formula is C14H20N2O. The van der Waals surface area contributed by atoms with E-state index in [-0.39, 0.29) is 0 Å². The van der Waals surface area contributed by atoms with Gasteiger partial charge in [0.05, 0.1) is 0 Å². The molecule has 0 saturated carbocycles. The van der Waals surface area contributed by atoms with Crippen molar-refractivity contribution in [3.8, 4) is 5.75 Å². The number of hydrogen-bond acceptors (Lipinski definition) is 3. The molecule has 0 aromatic heterocycles. The summed E-state index contributed by atoms with van der Waals surface area (Å²) >= 11 is 0. The molecule has 3 nitrogen and oxygen atoms in total. The third-order valence-electron chi connectivity index (χ3n) is 4.08. The number of nitrogens with zero attached hydrogens (tertiary/aromatic N) is 1. The molecule has 2 unspecified atom stereocenters. The first-order chi connectivity index (χ1) is 8.33. The molecule has 92 valence electrons. The van der Waals surface area contributed by atoms with Gasteiger partial charge in [-0.05, 0) is 43.5 Å². The summed E-state index contributed by atoms with van der Waals surface area (Å²) in [7, 11) is 0. The van der Waals surface area contributed by atoms with E-state index in [2.05, 4.69) is 16.3 Å². The van der Waals surface area contributed by atoms with Crippen LogP contribution in [0.15, 0.2) is 24.3 Å². The maximum Gasteiger partial charge on any atom is 0.115 e. The first-order valence-corrected chi connectivity index (χ1v) is 6.58. The molecule has 17 heavy (non-hydrogen) atoms. The summed E-state index contributed by atoms with van der Waals surface area (Å²) in [4.78, 5) is 2.61. The van der Waals surface area contributed by atoms with Crippen molar-refractivity contribution in [1.82, 2.24) is 10.2 Å². The number of hydrogen-bond donors (Lipinski definition) is 2. The van der Waals surface area contributed by atoms with Crippen LogP contribution < -0.4 is 5.32 Å². The molecule has 2 N–H and O–H groups in total. The summed E-state index contributed by atoms with van der Waals surface area (Å²) in [5, 5.41) is 13.1. The van der Waals surface area contributed by atoms with E-state index >= 15 is 0 Å². The van der Waals surface area contributed by atoms with Crippen LogP contribution >= 0.6 is 0 Å². The zero-order valence-corrected chi connectivity index (χ0v) is 10.1. The molecule has 0 spiro atoms. The second-order valence-corrected chi connectivity index (χ2v) is 5.19. The van der Waals surface area contributed by atoms with Crippen LogP contribution in [0.4, 0.5) is 0 Å². The maximum absolute atomic E-state index is 9.42. The van der Waals surface area contributed by atoms with Gasteiger partial charge in [0.1, 0.15) is 5.75 Å². The van der Waals surface area contributed by atoms with Crippen molar-refractivity contribution in [3.63, 3.8) is 0 Å². The minimum atomic E-state index is 0.359. The fraction of sp³-hybridized carbons (Fsp3) is 0.571. The first-order valence-electron chi connectivity index (χ1n) is 6.58. The van der Waals surface area contributed by atoms with Crippen LogP contribution in [0.5, 0.6) is 5.75 Å². The summed E-state index contributed by atoms with van der Waals surface area (Å²) < 4.78 is 0. The molecule has 1 aromatic carbocycles. The third-order valence-corrected chi connectivity index (χ3v) is 4.08. The highest BCUT2D eigenvalue weighted by Crippen LogP contribution is 2.28. The average Bonchev–Trinajstić information content (AvgIpc) is 2.89. The zero-order chi connectivity index (χ0) is 11.7. The van der Waals surface area contributed by atoms with E-state index in [1.165, 1.54) is 37.9 Å². The van der Waals surface area contributed by atoms with Crippen molar-refractivity contribution in [2.75, 3.05) is 13.1 Å². The average molecular weight is 232 g/mol. The Morgan fingerprint density at radius 2 is 2.24 bits per heavy atom. The zero-order valence-electron chi connectivity index (χ0n) is 10.1. The number of phenols is 1. The third kappa shape index (κ3) is 2.31. The lowest BCUT2D eigenvalue weighted by Crippen LogP contribution is -2.38. The normalized spacial score (nSPS) is 28.5. The Labute approximate surface area is 102 Å². The van der Waals surface area contributed by atoms with Gasteiger partial charge in [-0.25, -0.2) is 0 Å². The van der Waals surface area contributed by atoms with E-state index in [4.69, 9.17) is 0 Å². The van der Waals surface area contributed by atoms with Crippen LogP contribution in [0.3, 0.4) is 0 Å². The van der Waals surface area contributed by atoms with Crippen molar-refractivity contribution in [1.29, 1.82) is 0 Å². The summed E-state index contributed by atoms with van der Waals surface area (Å²) in [5.74, 6) is 0.359. The molecule has 0 amide bonds. The van der Waals surface area contributed by atoms with Crippen molar-refractivity contribution in [2.24, 2.45) is 0 Å². The van der Waals surface area contributed by atoms with Crippen molar-refractivity contribution < 1.29 is 5.11 Å². The molecule has 3 rings (SSSR count). The van der Waals surface area contributed by atoms with Crippen LogP contribution in [0.2, 0.25) is 0 Å². The highest BCUT2D eigenvalue weighted by molar-refractivity contribution is 5.27. The number of fused-ring (bicyclic) bond motifs is 1. The van der Waals surface area contributed by atoms with Gasteiger partial charge in [0.15, 0.2) is 0 Å². The smallest absolute Gasteiger partial charge is 0.115 e. The van der Waals surface area contributed by atoms with Crippen LogP contribution in [0.25, 0.3) is 0 Å². The molecule has 2 aliphatic heterocycles. The van der Waals surface area contributed by atoms with Crippen LogP contribution in [-0.2, 0) is 6.54 Å². The summed E-state index contributed by atoms with van der Waals surface area (Å²) in [6.45, 7) is 3.40. The SMILES string of the molecule is Oc1cccc(CNC2CCN3CCCC23)c1. The van der Waals surface area contributed by atoms with Crippen LogP contribution in [-0.4, -0.2) is 35.2 Å². The molecule has 1 aromatic rings. The van der Waals surface area contributed by atoms with E-state index in [1.807, 2.05) is 12.1 Å². The summed E-state index contributed by atoms with van der Waals surface area (Å²) in [5.41, 5.74) is 1.17. The van der Waals surface area contributed by atoms with E-state index in [1.54, 1.807) is 6.07 Å². The van der Waals surface area contributed by atoms with Gasteiger partial charge in [-0.2, -0.15) is 0 Å². The molecule has 2 atom stereocenters. The molecule has 3 heteroatoms. The van der Waals surface area contributed by atoms with Crippen molar-refractivity contribution in [3.05, 3.63) is 29.8 Å². The monoisotopic (exact) mass is 232 g/mol. The van der Waals surface area contributed by atoms with Gasteiger partial charge in [-0.3, -0.25) is 4.90 Å².